The van der Waals surface area contributed by atoms with E-state index in [1.165, 1.54) is 20.8 Å². The van der Waals surface area contributed by atoms with Crippen LogP contribution >= 0.6 is 0 Å². The van der Waals surface area contributed by atoms with Crippen molar-refractivity contribution >= 4 is 45.6 Å². The molecule has 1 saturated heterocycles. The van der Waals surface area contributed by atoms with Gasteiger partial charge in [0.2, 0.25) is 11.4 Å². The lowest BCUT2D eigenvalue weighted by Crippen LogP contribution is -2.57. The van der Waals surface area contributed by atoms with E-state index in [0.29, 0.717) is 27.8 Å². The molecule has 3 aromatic rings. The molecule has 0 aliphatic carbocycles. The van der Waals surface area contributed by atoms with Gasteiger partial charge < -0.3 is 29.3 Å². The molecular formula is C34H36N4O8. The van der Waals surface area contributed by atoms with E-state index in [0.717, 1.165) is 11.1 Å². The quantitative estimate of drug-likeness (QED) is 0.357. The van der Waals surface area contributed by atoms with Gasteiger partial charge in [-0.15, -0.1) is 0 Å². The Kier molecular flexibility index (Phi) is 7.48. The summed E-state index contributed by atoms with van der Waals surface area (Å²) in [6.07, 6.45) is -3.27. The number of fused-ring (bicyclic) bond motifs is 8. The van der Waals surface area contributed by atoms with Crippen molar-refractivity contribution in [1.82, 2.24) is 19.9 Å². The Balaban J connectivity index is 1.64. The molecule has 6 unspecified atom stereocenters. The monoisotopic (exact) mass is 628 g/mol. The normalized spacial score (nSPS) is 27.8. The van der Waals surface area contributed by atoms with Crippen LogP contribution in [-0.2, 0) is 34.8 Å². The van der Waals surface area contributed by atoms with Crippen LogP contribution in [0.25, 0.3) is 22.1 Å². The lowest BCUT2D eigenvalue weighted by atomic mass is 9.73. The van der Waals surface area contributed by atoms with Crippen LogP contribution in [0.2, 0.25) is 0 Å². The third-order valence-corrected chi connectivity index (χ3v) is 9.12. The molecule has 8 bridgehead atoms. The number of hydrogen-bond donors (Lipinski definition) is 3. The van der Waals surface area contributed by atoms with Gasteiger partial charge >= 0.3 is 11.9 Å². The van der Waals surface area contributed by atoms with Crippen molar-refractivity contribution in [1.29, 1.82) is 0 Å². The summed E-state index contributed by atoms with van der Waals surface area (Å²) in [5, 5.41) is 10.6. The van der Waals surface area contributed by atoms with E-state index < -0.39 is 53.2 Å². The summed E-state index contributed by atoms with van der Waals surface area (Å²) in [4.78, 5) is 68.2. The number of ketones is 2. The van der Waals surface area contributed by atoms with Crippen LogP contribution in [0.1, 0.15) is 84.5 Å². The molecule has 3 aromatic heterocycles. The highest BCUT2D eigenvalue weighted by molar-refractivity contribution is 6.06. The van der Waals surface area contributed by atoms with Crippen molar-refractivity contribution in [3.63, 3.8) is 0 Å². The van der Waals surface area contributed by atoms with E-state index in [1.54, 1.807) is 38.1 Å². The largest absolute Gasteiger partial charge is 0.460 e. The molecule has 3 aliphatic heterocycles. The Bertz CT molecular complexity index is 1980. The lowest BCUT2D eigenvalue weighted by molar-refractivity contribution is -0.197. The number of aliphatic hydroxyl groups excluding tert-OH is 1. The van der Waals surface area contributed by atoms with Crippen LogP contribution in [-0.4, -0.2) is 73.0 Å². The second-order valence-electron chi connectivity index (χ2n) is 12.7. The van der Waals surface area contributed by atoms with E-state index in [1.807, 2.05) is 26.0 Å². The summed E-state index contributed by atoms with van der Waals surface area (Å²) in [6, 6.07) is 10.3. The molecule has 6 rings (SSSR count). The number of hydrogen-bond acceptors (Lipinski definition) is 10. The molecule has 0 amide bonds. The highest BCUT2D eigenvalue weighted by atomic mass is 16.6. The SMILES string of the molecule is CC(=O)OC1CC(O)C(C)OC1C1(C)C(=O)c2cc3cc(C)c(cc4nc(cc5[nH]c(cc1n2)cc5C)C(=O)C4(C)OC(C)=O)[nH]3. The maximum atomic E-state index is 14.4. The first kappa shape index (κ1) is 31.3. The number of H-pyrrole nitrogens is 2. The summed E-state index contributed by atoms with van der Waals surface area (Å²) in [5.74, 6) is -1.98. The minimum atomic E-state index is -1.64. The van der Waals surface area contributed by atoms with Gasteiger partial charge in [0.15, 0.2) is 5.78 Å². The first-order valence-electron chi connectivity index (χ1n) is 15.1. The predicted octanol–water partition coefficient (Wildman–Crippen LogP) is 4.20. The first-order valence-corrected chi connectivity index (χ1v) is 15.1. The van der Waals surface area contributed by atoms with E-state index in [4.69, 9.17) is 19.2 Å². The Hall–Kier alpha value is -4.68. The molecule has 6 heterocycles. The molecule has 0 aromatic carbocycles. The molecule has 12 heteroatoms. The number of nitrogens with zero attached hydrogens (tertiary/aromatic N) is 2. The van der Waals surface area contributed by atoms with E-state index in [9.17, 15) is 24.3 Å². The van der Waals surface area contributed by atoms with Crippen molar-refractivity contribution in [3.8, 4) is 0 Å². The Morgan fingerprint density at radius 1 is 0.870 bits per heavy atom. The van der Waals surface area contributed by atoms with Crippen LogP contribution < -0.4 is 0 Å². The average molecular weight is 629 g/mol. The minimum absolute atomic E-state index is 0.0948. The second-order valence-corrected chi connectivity index (χ2v) is 12.7. The first-order chi connectivity index (χ1) is 21.6. The summed E-state index contributed by atoms with van der Waals surface area (Å²) >= 11 is 0. The Morgan fingerprint density at radius 2 is 1.46 bits per heavy atom. The Morgan fingerprint density at radius 3 is 2.09 bits per heavy atom. The fourth-order valence-corrected chi connectivity index (χ4v) is 6.56. The standard InChI is InChI=1S/C34H36N4O8/c1-15-9-21-11-28-33(6,32-27(45-18(4)39)14-26(41)17(3)44-32)30(42)24(37-28)10-20-8-16(2)23(35-20)13-29-34(7,46-19(5)40)31(43)25(38-29)12-22(15)36-21/h8-13,17,26-27,32,35-36,41H,14H2,1-7H3. The van der Waals surface area contributed by atoms with Gasteiger partial charge in [0, 0.05) is 42.3 Å². The maximum absolute atomic E-state index is 14.4. The number of esters is 2. The summed E-state index contributed by atoms with van der Waals surface area (Å²) < 4.78 is 17.4. The third kappa shape index (κ3) is 5.11. The zero-order valence-electron chi connectivity index (χ0n) is 26.7. The summed E-state index contributed by atoms with van der Waals surface area (Å²) in [5.41, 5.74) is 1.75. The van der Waals surface area contributed by atoms with Crippen molar-refractivity contribution < 1.29 is 38.5 Å². The molecule has 3 aliphatic rings. The molecule has 0 saturated carbocycles. The zero-order chi connectivity index (χ0) is 33.3. The van der Waals surface area contributed by atoms with Crippen LogP contribution in [0, 0.1) is 13.8 Å². The van der Waals surface area contributed by atoms with Crippen LogP contribution in [0.5, 0.6) is 0 Å². The molecule has 46 heavy (non-hydrogen) atoms. The van der Waals surface area contributed by atoms with Crippen LogP contribution in [0.15, 0.2) is 36.4 Å². The number of carbonyl (C=O) groups is 4. The predicted molar refractivity (Wildman–Crippen MR) is 166 cm³/mol. The molecule has 0 radical (unpaired) electrons. The Labute approximate surface area is 264 Å². The third-order valence-electron chi connectivity index (χ3n) is 9.12. The van der Waals surface area contributed by atoms with Crippen molar-refractivity contribution in [3.05, 3.63) is 70.3 Å². The van der Waals surface area contributed by atoms with Gasteiger partial charge in [0.05, 0.1) is 23.6 Å². The van der Waals surface area contributed by atoms with Gasteiger partial charge in [-0.1, -0.05) is 0 Å². The number of ether oxygens (including phenoxy) is 3. The molecule has 3 N–H and O–H groups in total. The number of aromatic amines is 2. The average Bonchev–Trinajstić information content (AvgIpc) is 3.62. The maximum Gasteiger partial charge on any atom is 0.304 e. The second kappa shape index (κ2) is 11.0. The van der Waals surface area contributed by atoms with Gasteiger partial charge in [-0.2, -0.15) is 0 Å². The summed E-state index contributed by atoms with van der Waals surface area (Å²) in [6.45, 7) is 11.2. The number of aromatic nitrogens is 4. The van der Waals surface area contributed by atoms with Crippen molar-refractivity contribution in [2.45, 2.75) is 90.3 Å². The smallest absolute Gasteiger partial charge is 0.304 e. The van der Waals surface area contributed by atoms with Crippen LogP contribution in [0.4, 0.5) is 0 Å². The fraction of sp³-hybridized carbons (Fsp3) is 0.412. The van der Waals surface area contributed by atoms with Gasteiger partial charge in [-0.25, -0.2) is 9.97 Å². The number of rotatable bonds is 3. The molecule has 1 fully saturated rings. The topological polar surface area (TPSA) is 174 Å². The molecular weight excluding hydrogens is 592 g/mol. The number of nitrogens with one attached hydrogen (secondary N) is 2. The van der Waals surface area contributed by atoms with Crippen LogP contribution in [0.3, 0.4) is 0 Å². The molecule has 240 valence electrons. The molecule has 6 atom stereocenters. The molecule has 12 nitrogen and oxygen atoms in total. The fourth-order valence-electron chi connectivity index (χ4n) is 6.56. The highest BCUT2D eigenvalue weighted by Gasteiger charge is 2.56. The van der Waals surface area contributed by atoms with E-state index in [-0.39, 0.29) is 29.3 Å². The van der Waals surface area contributed by atoms with Gasteiger partial charge in [-0.3, -0.25) is 19.2 Å². The van der Waals surface area contributed by atoms with E-state index >= 15 is 0 Å². The van der Waals surface area contributed by atoms with Crippen molar-refractivity contribution in [2.24, 2.45) is 0 Å². The minimum Gasteiger partial charge on any atom is -0.460 e. The number of Topliss-reactive ketones (excluding diaryl/α,β-unsaturated/α-hetero) is 2. The van der Waals surface area contributed by atoms with Crippen molar-refractivity contribution in [2.75, 3.05) is 0 Å². The summed E-state index contributed by atoms with van der Waals surface area (Å²) in [7, 11) is 0. The number of aliphatic hydroxyl groups is 1. The number of aryl methyl sites for hydroxylation is 2. The lowest BCUT2D eigenvalue weighted by Gasteiger charge is -2.44. The highest BCUT2D eigenvalue weighted by Crippen LogP contribution is 2.42. The van der Waals surface area contributed by atoms with Gasteiger partial charge in [0.1, 0.15) is 29.0 Å². The van der Waals surface area contributed by atoms with Gasteiger partial charge in [0.25, 0.3) is 0 Å². The van der Waals surface area contributed by atoms with E-state index in [2.05, 4.69) is 15.0 Å². The zero-order valence-corrected chi connectivity index (χ0v) is 26.7. The number of carbonyl (C=O) groups excluding carboxylic acids is 4. The molecule has 0 spiro atoms. The van der Waals surface area contributed by atoms with Gasteiger partial charge in [-0.05, 0) is 82.1 Å².